The summed E-state index contributed by atoms with van der Waals surface area (Å²) in [6.07, 6.45) is 0. The highest BCUT2D eigenvalue weighted by Gasteiger charge is 2.29. The van der Waals surface area contributed by atoms with Gasteiger partial charge in [-0.1, -0.05) is 25.2 Å². The molecule has 1 amide bonds. The number of amides is 1. The Labute approximate surface area is 116 Å². The maximum atomic E-state index is 12.5. The van der Waals surface area contributed by atoms with E-state index in [2.05, 4.69) is 18.8 Å². The summed E-state index contributed by atoms with van der Waals surface area (Å²) in [7, 11) is 0. The second-order valence-electron chi connectivity index (χ2n) is 5.40. The lowest BCUT2D eigenvalue weighted by molar-refractivity contribution is 0.0785. The average molecular weight is 275 g/mol. The van der Waals surface area contributed by atoms with Crippen molar-refractivity contribution in [2.75, 3.05) is 18.8 Å². The van der Waals surface area contributed by atoms with Crippen molar-refractivity contribution in [3.05, 3.63) is 23.8 Å². The van der Waals surface area contributed by atoms with E-state index >= 15 is 0 Å². The lowest BCUT2D eigenvalue weighted by Crippen LogP contribution is -2.28. The highest BCUT2D eigenvalue weighted by molar-refractivity contribution is 7.22. The lowest BCUT2D eigenvalue weighted by Gasteiger charge is -2.15. The number of benzene rings is 1. The van der Waals surface area contributed by atoms with Crippen LogP contribution in [-0.2, 0) is 0 Å². The number of nitrogens with two attached hydrogens (primary N) is 1. The van der Waals surface area contributed by atoms with Crippen molar-refractivity contribution in [2.24, 2.45) is 11.8 Å². The molecule has 1 aromatic heterocycles. The van der Waals surface area contributed by atoms with Gasteiger partial charge in [0.1, 0.15) is 0 Å². The van der Waals surface area contributed by atoms with Crippen LogP contribution in [0.25, 0.3) is 10.2 Å². The summed E-state index contributed by atoms with van der Waals surface area (Å²) in [6.45, 7) is 6.10. The second-order valence-corrected chi connectivity index (χ2v) is 6.46. The third-order valence-corrected chi connectivity index (χ3v) is 4.77. The molecule has 2 heterocycles. The minimum Gasteiger partial charge on any atom is -0.375 e. The Balaban J connectivity index is 1.89. The van der Waals surface area contributed by atoms with Crippen LogP contribution < -0.4 is 5.73 Å². The van der Waals surface area contributed by atoms with Crippen LogP contribution in [0.15, 0.2) is 18.2 Å². The third kappa shape index (κ3) is 2.18. The normalized spacial score (nSPS) is 23.2. The molecule has 1 aliphatic rings. The van der Waals surface area contributed by atoms with Crippen LogP contribution in [0.3, 0.4) is 0 Å². The fraction of sp³-hybridized carbons (Fsp3) is 0.429. The summed E-state index contributed by atoms with van der Waals surface area (Å²) in [5.41, 5.74) is 7.28. The van der Waals surface area contributed by atoms with Gasteiger partial charge in [-0.15, -0.1) is 0 Å². The van der Waals surface area contributed by atoms with Crippen LogP contribution in [0.4, 0.5) is 5.13 Å². The molecule has 100 valence electrons. The molecular weight excluding hydrogens is 258 g/mol. The zero-order chi connectivity index (χ0) is 13.6. The first-order chi connectivity index (χ1) is 9.04. The second kappa shape index (κ2) is 4.49. The van der Waals surface area contributed by atoms with E-state index in [4.69, 9.17) is 5.73 Å². The molecule has 1 fully saturated rings. The molecule has 0 saturated carbocycles. The first-order valence-electron chi connectivity index (χ1n) is 6.50. The number of nitrogen functional groups attached to an aromatic ring is 1. The molecule has 0 spiro atoms. The van der Waals surface area contributed by atoms with E-state index in [1.54, 1.807) is 0 Å². The SMILES string of the molecule is CC1CN(C(=O)c2ccc3nc(N)sc3c2)CC1C. The van der Waals surface area contributed by atoms with Gasteiger partial charge in [-0.2, -0.15) is 0 Å². The Hall–Kier alpha value is -1.62. The molecule has 0 aliphatic carbocycles. The minimum absolute atomic E-state index is 0.116. The average Bonchev–Trinajstić information content (AvgIpc) is 2.90. The molecule has 1 aliphatic heterocycles. The standard InChI is InChI=1S/C14H17N3OS/c1-8-6-17(7-9(8)2)13(18)10-3-4-11-12(5-10)19-14(15)16-11/h3-5,8-9H,6-7H2,1-2H3,(H2,15,16). The summed E-state index contributed by atoms with van der Waals surface area (Å²) in [4.78, 5) is 18.6. The maximum absolute atomic E-state index is 12.5. The number of hydrogen-bond acceptors (Lipinski definition) is 4. The van der Waals surface area contributed by atoms with Crippen molar-refractivity contribution in [1.29, 1.82) is 0 Å². The number of carbonyl (C=O) groups is 1. The van der Waals surface area contributed by atoms with Crippen molar-refractivity contribution in [1.82, 2.24) is 9.88 Å². The maximum Gasteiger partial charge on any atom is 0.253 e. The van der Waals surface area contributed by atoms with Crippen LogP contribution in [0, 0.1) is 11.8 Å². The van der Waals surface area contributed by atoms with Crippen LogP contribution in [0.2, 0.25) is 0 Å². The first-order valence-corrected chi connectivity index (χ1v) is 7.31. The highest BCUT2D eigenvalue weighted by atomic mass is 32.1. The van der Waals surface area contributed by atoms with Crippen molar-refractivity contribution >= 4 is 32.6 Å². The number of hydrogen-bond donors (Lipinski definition) is 1. The van der Waals surface area contributed by atoms with Gasteiger partial charge < -0.3 is 10.6 Å². The lowest BCUT2D eigenvalue weighted by atomic mass is 10.0. The number of likely N-dealkylation sites (tertiary alicyclic amines) is 1. The van der Waals surface area contributed by atoms with Gasteiger partial charge in [0.2, 0.25) is 0 Å². The molecule has 0 bridgehead atoms. The van der Waals surface area contributed by atoms with Gasteiger partial charge >= 0.3 is 0 Å². The fourth-order valence-electron chi connectivity index (χ4n) is 2.55. The number of fused-ring (bicyclic) bond motifs is 1. The van der Waals surface area contributed by atoms with Crippen molar-refractivity contribution < 1.29 is 4.79 Å². The van der Waals surface area contributed by atoms with Crippen LogP contribution >= 0.6 is 11.3 Å². The molecule has 19 heavy (non-hydrogen) atoms. The predicted molar refractivity (Wildman–Crippen MR) is 78.3 cm³/mol. The van der Waals surface area contributed by atoms with E-state index in [9.17, 15) is 4.79 Å². The smallest absolute Gasteiger partial charge is 0.253 e. The van der Waals surface area contributed by atoms with Crippen molar-refractivity contribution in [3.63, 3.8) is 0 Å². The Morgan fingerprint density at radius 3 is 2.74 bits per heavy atom. The highest BCUT2D eigenvalue weighted by Crippen LogP contribution is 2.27. The van der Waals surface area contributed by atoms with E-state index in [0.29, 0.717) is 17.0 Å². The van der Waals surface area contributed by atoms with Gasteiger partial charge in [-0.05, 0) is 30.0 Å². The Kier molecular flexibility index (Phi) is 2.93. The van der Waals surface area contributed by atoms with Gasteiger partial charge in [0.25, 0.3) is 5.91 Å². The third-order valence-electron chi connectivity index (χ3n) is 3.93. The fourth-order valence-corrected chi connectivity index (χ4v) is 3.33. The van der Waals surface area contributed by atoms with E-state index < -0.39 is 0 Å². The Morgan fingerprint density at radius 1 is 1.37 bits per heavy atom. The van der Waals surface area contributed by atoms with Crippen molar-refractivity contribution in [3.8, 4) is 0 Å². The zero-order valence-electron chi connectivity index (χ0n) is 11.1. The minimum atomic E-state index is 0.116. The number of rotatable bonds is 1. The molecule has 0 radical (unpaired) electrons. The van der Waals surface area contributed by atoms with Gasteiger partial charge in [0.15, 0.2) is 5.13 Å². The molecule has 1 saturated heterocycles. The summed E-state index contributed by atoms with van der Waals surface area (Å²) in [5.74, 6) is 1.27. The topological polar surface area (TPSA) is 59.2 Å². The molecule has 2 atom stereocenters. The molecule has 2 N–H and O–H groups in total. The summed E-state index contributed by atoms with van der Waals surface area (Å²) >= 11 is 1.42. The van der Waals surface area contributed by atoms with Gasteiger partial charge in [-0.25, -0.2) is 4.98 Å². The predicted octanol–water partition coefficient (Wildman–Crippen LogP) is 2.61. The van der Waals surface area contributed by atoms with Gasteiger partial charge in [0, 0.05) is 18.7 Å². The van der Waals surface area contributed by atoms with Gasteiger partial charge in [-0.3, -0.25) is 4.79 Å². The number of anilines is 1. The summed E-state index contributed by atoms with van der Waals surface area (Å²) < 4.78 is 0.976. The monoisotopic (exact) mass is 275 g/mol. The molecule has 5 heteroatoms. The number of carbonyl (C=O) groups excluding carboxylic acids is 1. The van der Waals surface area contributed by atoms with E-state index in [1.807, 2.05) is 23.1 Å². The zero-order valence-corrected chi connectivity index (χ0v) is 11.9. The van der Waals surface area contributed by atoms with Crippen LogP contribution in [0.5, 0.6) is 0 Å². The molecule has 4 nitrogen and oxygen atoms in total. The molecule has 2 aromatic rings. The van der Waals surface area contributed by atoms with Crippen LogP contribution in [-0.4, -0.2) is 28.9 Å². The molecule has 3 rings (SSSR count). The Bertz CT molecular complexity index is 627. The quantitative estimate of drug-likeness (QED) is 0.870. The van der Waals surface area contributed by atoms with E-state index in [-0.39, 0.29) is 5.91 Å². The van der Waals surface area contributed by atoms with E-state index in [0.717, 1.165) is 28.9 Å². The van der Waals surface area contributed by atoms with Crippen molar-refractivity contribution in [2.45, 2.75) is 13.8 Å². The summed E-state index contributed by atoms with van der Waals surface area (Å²) in [6, 6.07) is 5.62. The number of aromatic nitrogens is 1. The first kappa shape index (κ1) is 12.4. The molecule has 2 unspecified atom stereocenters. The Morgan fingerprint density at radius 2 is 2.05 bits per heavy atom. The molecular formula is C14H17N3OS. The van der Waals surface area contributed by atoms with Gasteiger partial charge in [0.05, 0.1) is 10.2 Å². The largest absolute Gasteiger partial charge is 0.375 e. The number of nitrogens with zero attached hydrogens (tertiary/aromatic N) is 2. The molecule has 1 aromatic carbocycles. The van der Waals surface area contributed by atoms with Crippen LogP contribution in [0.1, 0.15) is 24.2 Å². The summed E-state index contributed by atoms with van der Waals surface area (Å²) in [5, 5.41) is 0.544. The number of thiazole rings is 1. The van der Waals surface area contributed by atoms with E-state index in [1.165, 1.54) is 11.3 Å².